The molecular weight excluding hydrogens is 260 g/mol. The van der Waals surface area contributed by atoms with Crippen molar-refractivity contribution >= 4 is 0 Å². The first-order valence-corrected chi connectivity index (χ1v) is 8.22. The average Bonchev–Trinajstić information content (AvgIpc) is 2.75. The third-order valence-corrected chi connectivity index (χ3v) is 4.84. The van der Waals surface area contributed by atoms with Crippen molar-refractivity contribution in [2.75, 3.05) is 26.7 Å². The van der Waals surface area contributed by atoms with E-state index < -0.39 is 0 Å². The van der Waals surface area contributed by atoms with Crippen LogP contribution in [-0.4, -0.2) is 31.6 Å². The number of hydrogen-bond donors (Lipinski definition) is 1. The van der Waals surface area contributed by atoms with E-state index in [1.807, 2.05) is 12.1 Å². The molecular formula is C18H30N2O. The van der Waals surface area contributed by atoms with Gasteiger partial charge in [-0.1, -0.05) is 38.8 Å². The number of likely N-dealkylation sites (tertiary alicyclic amines) is 1. The topological polar surface area (TPSA) is 38.5 Å². The van der Waals surface area contributed by atoms with Crippen molar-refractivity contribution in [3.63, 3.8) is 0 Å². The summed E-state index contributed by atoms with van der Waals surface area (Å²) < 4.78 is 5.26. The standard InChI is InChI=1S/C18H30N2O/c1-15(2)18(19,14-20-12-6-4-5-7-13-20)16-8-10-17(21-3)11-9-16/h8-11,15H,4-7,12-14,19H2,1-3H3. The zero-order valence-corrected chi connectivity index (χ0v) is 13.8. The lowest BCUT2D eigenvalue weighted by Gasteiger charge is -2.39. The predicted molar refractivity (Wildman–Crippen MR) is 88.6 cm³/mol. The Kier molecular flexibility index (Phi) is 5.65. The third-order valence-electron chi connectivity index (χ3n) is 4.84. The lowest BCUT2D eigenvalue weighted by Crippen LogP contribution is -2.51. The van der Waals surface area contributed by atoms with Crippen LogP contribution in [-0.2, 0) is 5.54 Å². The molecule has 0 aromatic heterocycles. The smallest absolute Gasteiger partial charge is 0.118 e. The molecule has 3 heteroatoms. The van der Waals surface area contributed by atoms with Crippen LogP contribution < -0.4 is 10.5 Å². The van der Waals surface area contributed by atoms with Crippen LogP contribution in [0.3, 0.4) is 0 Å². The molecule has 1 aromatic rings. The van der Waals surface area contributed by atoms with Gasteiger partial charge in [0.05, 0.1) is 12.6 Å². The van der Waals surface area contributed by atoms with Crippen molar-refractivity contribution in [3.05, 3.63) is 29.8 Å². The van der Waals surface area contributed by atoms with Crippen LogP contribution in [0.4, 0.5) is 0 Å². The van der Waals surface area contributed by atoms with E-state index in [2.05, 4.69) is 30.9 Å². The summed E-state index contributed by atoms with van der Waals surface area (Å²) >= 11 is 0. The van der Waals surface area contributed by atoms with Gasteiger partial charge in [-0.3, -0.25) is 0 Å². The van der Waals surface area contributed by atoms with Gasteiger partial charge in [0, 0.05) is 6.54 Å². The first kappa shape index (κ1) is 16.3. The second kappa shape index (κ2) is 7.28. The lowest BCUT2D eigenvalue weighted by molar-refractivity contribution is 0.176. The second-order valence-electron chi connectivity index (χ2n) is 6.61. The van der Waals surface area contributed by atoms with Crippen LogP contribution in [0.5, 0.6) is 5.75 Å². The van der Waals surface area contributed by atoms with E-state index in [-0.39, 0.29) is 5.54 Å². The molecule has 1 atom stereocenters. The Morgan fingerprint density at radius 2 is 1.67 bits per heavy atom. The number of nitrogens with zero attached hydrogens (tertiary/aromatic N) is 1. The molecule has 1 saturated heterocycles. The molecule has 1 heterocycles. The highest BCUT2D eigenvalue weighted by molar-refractivity contribution is 5.32. The fraction of sp³-hybridized carbons (Fsp3) is 0.667. The first-order valence-electron chi connectivity index (χ1n) is 8.22. The van der Waals surface area contributed by atoms with E-state index in [1.165, 1.54) is 44.3 Å². The normalized spacial score (nSPS) is 20.0. The van der Waals surface area contributed by atoms with Crippen molar-refractivity contribution in [2.24, 2.45) is 11.7 Å². The van der Waals surface area contributed by atoms with Gasteiger partial charge in [-0.15, -0.1) is 0 Å². The molecule has 0 aliphatic carbocycles. The van der Waals surface area contributed by atoms with Crippen molar-refractivity contribution in [1.29, 1.82) is 0 Å². The summed E-state index contributed by atoms with van der Waals surface area (Å²) in [4.78, 5) is 2.55. The largest absolute Gasteiger partial charge is 0.497 e. The number of benzene rings is 1. The summed E-state index contributed by atoms with van der Waals surface area (Å²) in [7, 11) is 1.70. The number of ether oxygens (including phenoxy) is 1. The fourth-order valence-corrected chi connectivity index (χ4v) is 3.17. The van der Waals surface area contributed by atoms with Crippen LogP contribution in [0.1, 0.15) is 45.1 Å². The highest BCUT2D eigenvalue weighted by atomic mass is 16.5. The third kappa shape index (κ3) is 3.98. The summed E-state index contributed by atoms with van der Waals surface area (Å²) in [5, 5.41) is 0. The van der Waals surface area contributed by atoms with Gasteiger partial charge in [0.2, 0.25) is 0 Å². The molecule has 0 saturated carbocycles. The molecule has 118 valence electrons. The molecule has 0 bridgehead atoms. The van der Waals surface area contributed by atoms with E-state index in [1.54, 1.807) is 7.11 Å². The van der Waals surface area contributed by atoms with Crippen LogP contribution in [0.25, 0.3) is 0 Å². The summed E-state index contributed by atoms with van der Waals surface area (Å²) in [6.07, 6.45) is 5.32. The minimum absolute atomic E-state index is 0.295. The Hall–Kier alpha value is -1.06. The summed E-state index contributed by atoms with van der Waals surface area (Å²) in [5.41, 5.74) is 7.77. The van der Waals surface area contributed by atoms with Gasteiger partial charge in [-0.2, -0.15) is 0 Å². The molecule has 21 heavy (non-hydrogen) atoms. The second-order valence-corrected chi connectivity index (χ2v) is 6.61. The SMILES string of the molecule is COc1ccc(C(N)(CN2CCCCCC2)C(C)C)cc1. The summed E-state index contributed by atoms with van der Waals surface area (Å²) in [6, 6.07) is 8.27. The Morgan fingerprint density at radius 1 is 1.10 bits per heavy atom. The van der Waals surface area contributed by atoms with E-state index in [9.17, 15) is 0 Å². The monoisotopic (exact) mass is 290 g/mol. The molecule has 1 aliphatic rings. The van der Waals surface area contributed by atoms with Gasteiger partial charge in [-0.05, 0) is 49.5 Å². The molecule has 0 amide bonds. The highest BCUT2D eigenvalue weighted by Gasteiger charge is 2.33. The Morgan fingerprint density at radius 3 is 2.14 bits per heavy atom. The molecule has 0 radical (unpaired) electrons. The minimum atomic E-state index is -0.295. The van der Waals surface area contributed by atoms with E-state index >= 15 is 0 Å². The number of rotatable bonds is 5. The molecule has 0 spiro atoms. The van der Waals surface area contributed by atoms with E-state index in [4.69, 9.17) is 10.5 Å². The maximum absolute atomic E-state index is 6.85. The molecule has 1 fully saturated rings. The number of hydrogen-bond acceptors (Lipinski definition) is 3. The van der Waals surface area contributed by atoms with E-state index in [0.29, 0.717) is 5.92 Å². The summed E-state index contributed by atoms with van der Waals surface area (Å²) in [6.45, 7) is 7.75. The van der Waals surface area contributed by atoms with Gasteiger partial charge in [0.15, 0.2) is 0 Å². The molecule has 2 rings (SSSR count). The van der Waals surface area contributed by atoms with Crippen molar-refractivity contribution in [3.8, 4) is 5.75 Å². The van der Waals surface area contributed by atoms with Gasteiger partial charge >= 0.3 is 0 Å². The molecule has 3 nitrogen and oxygen atoms in total. The van der Waals surface area contributed by atoms with Crippen LogP contribution in [0.15, 0.2) is 24.3 Å². The Bertz CT molecular complexity index is 421. The van der Waals surface area contributed by atoms with Crippen LogP contribution >= 0.6 is 0 Å². The number of methoxy groups -OCH3 is 1. The van der Waals surface area contributed by atoms with Crippen molar-refractivity contribution < 1.29 is 4.74 Å². The highest BCUT2D eigenvalue weighted by Crippen LogP contribution is 2.30. The van der Waals surface area contributed by atoms with Crippen LogP contribution in [0, 0.1) is 5.92 Å². The Balaban J connectivity index is 2.17. The van der Waals surface area contributed by atoms with Gasteiger partial charge in [-0.25, -0.2) is 0 Å². The number of nitrogens with two attached hydrogens (primary N) is 1. The maximum atomic E-state index is 6.85. The molecule has 2 N–H and O–H groups in total. The quantitative estimate of drug-likeness (QED) is 0.903. The maximum Gasteiger partial charge on any atom is 0.118 e. The van der Waals surface area contributed by atoms with Gasteiger partial charge < -0.3 is 15.4 Å². The molecule has 1 aromatic carbocycles. The predicted octanol–water partition coefficient (Wildman–Crippen LogP) is 3.38. The zero-order chi connectivity index (χ0) is 15.3. The van der Waals surface area contributed by atoms with Crippen molar-refractivity contribution in [2.45, 2.75) is 45.1 Å². The first-order chi connectivity index (χ1) is 10.1. The van der Waals surface area contributed by atoms with E-state index in [0.717, 1.165) is 12.3 Å². The van der Waals surface area contributed by atoms with Gasteiger partial charge in [0.1, 0.15) is 5.75 Å². The molecule has 1 unspecified atom stereocenters. The molecule has 1 aliphatic heterocycles. The summed E-state index contributed by atoms with van der Waals surface area (Å²) in [5.74, 6) is 1.29. The average molecular weight is 290 g/mol. The van der Waals surface area contributed by atoms with Crippen LogP contribution in [0.2, 0.25) is 0 Å². The van der Waals surface area contributed by atoms with Gasteiger partial charge in [0.25, 0.3) is 0 Å². The minimum Gasteiger partial charge on any atom is -0.497 e. The van der Waals surface area contributed by atoms with Crippen molar-refractivity contribution in [1.82, 2.24) is 4.90 Å². The zero-order valence-electron chi connectivity index (χ0n) is 13.8. The fourth-order valence-electron chi connectivity index (χ4n) is 3.17. The Labute approximate surface area is 129 Å². The lowest BCUT2D eigenvalue weighted by atomic mass is 9.80.